The van der Waals surface area contributed by atoms with Crippen LogP contribution in [0.25, 0.3) is 16.7 Å². The summed E-state index contributed by atoms with van der Waals surface area (Å²) in [5.74, 6) is -0.749. The van der Waals surface area contributed by atoms with E-state index in [0.29, 0.717) is 11.2 Å². The molecule has 0 bridgehead atoms. The molecule has 0 spiro atoms. The van der Waals surface area contributed by atoms with Gasteiger partial charge in [0.25, 0.3) is 17.2 Å². The summed E-state index contributed by atoms with van der Waals surface area (Å²) in [4.78, 5) is 45.4. The molecule has 0 saturated carbocycles. The Morgan fingerprint density at radius 2 is 2.00 bits per heavy atom. The summed E-state index contributed by atoms with van der Waals surface area (Å²) in [6.45, 7) is 5.20. The minimum atomic E-state index is -0.749. The Morgan fingerprint density at radius 3 is 2.67 bits per heavy atom. The van der Waals surface area contributed by atoms with E-state index in [0.717, 1.165) is 6.07 Å². The second-order valence-electron chi connectivity index (χ2n) is 7.72. The van der Waals surface area contributed by atoms with Crippen LogP contribution < -0.4 is 11.0 Å². The van der Waals surface area contributed by atoms with E-state index in [1.54, 1.807) is 35.9 Å². The highest BCUT2D eigenvalue weighted by molar-refractivity contribution is 5.96. The summed E-state index contributed by atoms with van der Waals surface area (Å²) >= 11 is 0. The molecule has 3 heterocycles. The Labute approximate surface area is 186 Å². The predicted octanol–water partition coefficient (Wildman–Crippen LogP) is 3.06. The molecule has 4 aromatic rings. The van der Waals surface area contributed by atoms with E-state index >= 15 is 0 Å². The fourth-order valence-corrected chi connectivity index (χ4v) is 3.63. The van der Waals surface area contributed by atoms with Crippen LogP contribution in [0.15, 0.2) is 58.4 Å². The van der Waals surface area contributed by atoms with Gasteiger partial charge in [-0.2, -0.15) is 10.3 Å². The van der Waals surface area contributed by atoms with Gasteiger partial charge in [-0.05, 0) is 45.0 Å². The maximum absolute atomic E-state index is 13.1. The zero-order chi connectivity index (χ0) is 23.9. The molecule has 0 atom stereocenters. The molecule has 0 radical (unpaired) electrons. The molecular formula is C23H18N6O4. The van der Waals surface area contributed by atoms with Crippen molar-refractivity contribution in [2.75, 3.05) is 0 Å². The predicted molar refractivity (Wildman–Crippen MR) is 120 cm³/mol. The molecular weight excluding hydrogens is 424 g/mol. The molecule has 10 heteroatoms. The summed E-state index contributed by atoms with van der Waals surface area (Å²) in [6, 6.07) is 12.3. The van der Waals surface area contributed by atoms with E-state index < -0.39 is 10.8 Å². The second kappa shape index (κ2) is 8.12. The van der Waals surface area contributed by atoms with Gasteiger partial charge in [0, 0.05) is 29.4 Å². The highest BCUT2D eigenvalue weighted by atomic mass is 16.6. The maximum Gasteiger partial charge on any atom is 0.279 e. The third-order valence-corrected chi connectivity index (χ3v) is 5.23. The number of amides is 1. The second-order valence-corrected chi connectivity index (χ2v) is 7.72. The number of aromatic nitrogens is 3. The number of fused-ring (bicyclic) bond motifs is 2. The van der Waals surface area contributed by atoms with Gasteiger partial charge >= 0.3 is 0 Å². The number of nitro benzene ring substituents is 1. The van der Waals surface area contributed by atoms with Crippen LogP contribution in [0.3, 0.4) is 0 Å². The smallest absolute Gasteiger partial charge is 0.279 e. The highest BCUT2D eigenvalue weighted by Crippen LogP contribution is 2.20. The van der Waals surface area contributed by atoms with Crippen molar-refractivity contribution in [3.8, 4) is 6.07 Å². The van der Waals surface area contributed by atoms with E-state index in [4.69, 9.17) is 0 Å². The average molecular weight is 442 g/mol. The number of nitrogens with zero attached hydrogens (tertiary/aromatic N) is 6. The number of carbonyl (C=O) groups is 1. The van der Waals surface area contributed by atoms with Crippen LogP contribution in [-0.4, -0.2) is 24.8 Å². The Bertz CT molecular complexity index is 1640. The molecule has 0 N–H and O–H groups in total. The summed E-state index contributed by atoms with van der Waals surface area (Å²) in [5.41, 5.74) is 0.594. The standard InChI is InChI=1S/C23H18N6O4/c1-13(2)28-20(26-22(30)15-8-7-14(3)18(11-15)29(32)33)16(12-24)10-17-21(28)25-19-6-4-5-9-27(19)23(17)31/h4-11,13H,1-3H3. The van der Waals surface area contributed by atoms with Gasteiger partial charge in [-0.25, -0.2) is 4.98 Å². The van der Waals surface area contributed by atoms with Crippen molar-refractivity contribution in [2.24, 2.45) is 4.99 Å². The monoisotopic (exact) mass is 442 g/mol. The SMILES string of the molecule is Cc1ccc(C(=O)N=c2c(C#N)cc3c(=O)n4ccccc4nc3n2C(C)C)cc1[N+](=O)[O-]. The van der Waals surface area contributed by atoms with Crippen LogP contribution in [0.2, 0.25) is 0 Å². The van der Waals surface area contributed by atoms with Gasteiger partial charge in [0.05, 0.1) is 15.9 Å². The van der Waals surface area contributed by atoms with Crippen molar-refractivity contribution in [3.05, 3.63) is 91.3 Å². The van der Waals surface area contributed by atoms with Gasteiger partial charge in [-0.3, -0.25) is 24.1 Å². The molecule has 3 aromatic heterocycles. The number of nitro groups is 1. The van der Waals surface area contributed by atoms with Gasteiger partial charge in [0.2, 0.25) is 0 Å². The van der Waals surface area contributed by atoms with Crippen molar-refractivity contribution in [2.45, 2.75) is 26.8 Å². The van der Waals surface area contributed by atoms with Gasteiger partial charge in [0.15, 0.2) is 5.49 Å². The van der Waals surface area contributed by atoms with Crippen molar-refractivity contribution in [1.29, 1.82) is 5.26 Å². The van der Waals surface area contributed by atoms with Gasteiger partial charge in [0.1, 0.15) is 17.4 Å². The number of hydrogen-bond acceptors (Lipinski definition) is 6. The molecule has 0 fully saturated rings. The Hall–Kier alpha value is -4.65. The van der Waals surface area contributed by atoms with Crippen LogP contribution >= 0.6 is 0 Å². The van der Waals surface area contributed by atoms with Crippen molar-refractivity contribution in [3.63, 3.8) is 0 Å². The zero-order valence-electron chi connectivity index (χ0n) is 18.0. The zero-order valence-corrected chi connectivity index (χ0v) is 18.0. The third kappa shape index (κ3) is 3.65. The van der Waals surface area contributed by atoms with Crippen LogP contribution in [0.1, 0.15) is 41.4 Å². The number of hydrogen-bond donors (Lipinski definition) is 0. The van der Waals surface area contributed by atoms with Gasteiger partial charge in [-0.15, -0.1) is 0 Å². The molecule has 0 aliphatic rings. The lowest BCUT2D eigenvalue weighted by Crippen LogP contribution is -2.30. The molecule has 0 aliphatic carbocycles. The van der Waals surface area contributed by atoms with E-state index in [9.17, 15) is 25.0 Å². The van der Waals surface area contributed by atoms with E-state index in [1.807, 2.05) is 19.9 Å². The number of carbonyl (C=O) groups excluding carboxylic acids is 1. The number of nitriles is 1. The first-order valence-electron chi connectivity index (χ1n) is 10.0. The summed E-state index contributed by atoms with van der Waals surface area (Å²) < 4.78 is 2.93. The van der Waals surface area contributed by atoms with Crippen LogP contribution in [0.5, 0.6) is 0 Å². The molecule has 4 rings (SSSR count). The van der Waals surface area contributed by atoms with E-state index in [1.165, 1.54) is 22.6 Å². The summed E-state index contributed by atoms with van der Waals surface area (Å²) in [6.07, 6.45) is 1.59. The van der Waals surface area contributed by atoms with Crippen molar-refractivity contribution >= 4 is 28.3 Å². The van der Waals surface area contributed by atoms with E-state index in [-0.39, 0.29) is 44.9 Å². The topological polar surface area (TPSA) is 136 Å². The maximum atomic E-state index is 13.1. The minimum absolute atomic E-state index is 0.0122. The van der Waals surface area contributed by atoms with Crippen LogP contribution in [-0.2, 0) is 0 Å². The molecule has 164 valence electrons. The quantitative estimate of drug-likeness (QED) is 0.272. The number of benzene rings is 1. The van der Waals surface area contributed by atoms with Crippen molar-refractivity contribution in [1.82, 2.24) is 14.0 Å². The Morgan fingerprint density at radius 1 is 1.24 bits per heavy atom. The average Bonchev–Trinajstić information content (AvgIpc) is 2.78. The number of aryl methyl sites for hydroxylation is 1. The molecule has 1 aromatic carbocycles. The minimum Gasteiger partial charge on any atom is -0.306 e. The number of rotatable bonds is 3. The molecule has 0 aliphatic heterocycles. The number of pyridine rings is 2. The van der Waals surface area contributed by atoms with E-state index in [2.05, 4.69) is 9.98 Å². The fraction of sp³-hybridized carbons (Fsp3) is 0.174. The van der Waals surface area contributed by atoms with Crippen molar-refractivity contribution < 1.29 is 9.72 Å². The first-order valence-corrected chi connectivity index (χ1v) is 10.0. The first-order chi connectivity index (χ1) is 15.7. The lowest BCUT2D eigenvalue weighted by atomic mass is 10.1. The summed E-state index contributed by atoms with van der Waals surface area (Å²) in [5, 5.41) is 21.2. The molecule has 33 heavy (non-hydrogen) atoms. The Balaban J connectivity index is 2.07. The lowest BCUT2D eigenvalue weighted by Gasteiger charge is -2.16. The molecule has 0 saturated heterocycles. The summed E-state index contributed by atoms with van der Waals surface area (Å²) in [7, 11) is 0. The molecule has 10 nitrogen and oxygen atoms in total. The molecule has 0 unspecified atom stereocenters. The molecule has 1 amide bonds. The normalized spacial score (nSPS) is 11.8. The third-order valence-electron chi connectivity index (χ3n) is 5.23. The fourth-order valence-electron chi connectivity index (χ4n) is 3.63. The Kier molecular flexibility index (Phi) is 5.31. The van der Waals surface area contributed by atoms with Gasteiger partial charge < -0.3 is 4.57 Å². The van der Waals surface area contributed by atoms with Gasteiger partial charge in [-0.1, -0.05) is 12.1 Å². The largest absolute Gasteiger partial charge is 0.306 e. The lowest BCUT2D eigenvalue weighted by molar-refractivity contribution is -0.385. The van der Waals surface area contributed by atoms with Crippen LogP contribution in [0.4, 0.5) is 5.69 Å². The first kappa shape index (κ1) is 21.6. The highest BCUT2D eigenvalue weighted by Gasteiger charge is 2.18. The van der Waals surface area contributed by atoms with Crippen LogP contribution in [0, 0.1) is 28.4 Å².